The van der Waals surface area contributed by atoms with E-state index in [1.54, 1.807) is 12.1 Å². The second kappa shape index (κ2) is 11.6. The fourth-order valence-corrected chi connectivity index (χ4v) is 4.61. The van der Waals surface area contributed by atoms with E-state index >= 15 is 0 Å². The number of rotatable bonds is 10. The van der Waals surface area contributed by atoms with Crippen molar-refractivity contribution in [2.24, 2.45) is 0 Å². The number of halogens is 2. The van der Waals surface area contributed by atoms with Crippen molar-refractivity contribution in [1.82, 2.24) is 0 Å². The number of hydrogen-bond donors (Lipinski definition) is 1. The van der Waals surface area contributed by atoms with E-state index in [9.17, 15) is 9.18 Å². The first-order valence-corrected chi connectivity index (χ1v) is 12.7. The Kier molecular flexibility index (Phi) is 8.81. The van der Waals surface area contributed by atoms with Crippen LogP contribution in [0.2, 0.25) is 5.02 Å². The molecule has 3 nitrogen and oxygen atoms in total. The Morgan fingerprint density at radius 2 is 1.67 bits per heavy atom. The van der Waals surface area contributed by atoms with E-state index in [0.717, 1.165) is 16.9 Å². The third-order valence-corrected chi connectivity index (χ3v) is 6.97. The standard InChI is InChI=1S/C27H29ClFNO2S/c1-4-27(5-2,20-9-16-24(28)25(29)18-20)32-22-12-10-21(11-13-22)30-26(31)17-19-7-14-23(15-8-19)33-6-3/h7-16,18H,4-6,17H2,1-3H3,(H,30,31)/p+1. The van der Waals surface area contributed by atoms with Crippen LogP contribution in [0.1, 0.15) is 44.7 Å². The first-order chi connectivity index (χ1) is 15.9. The number of carbonyl (C=O) groups is 1. The van der Waals surface area contributed by atoms with Crippen molar-refractivity contribution >= 4 is 35.0 Å². The SMILES string of the molecule is CC[SH+]c1ccc(CC(=O)Nc2ccc(OC(CC)(CC)c3ccc(Cl)c(F)c3)cc2)cc1. The van der Waals surface area contributed by atoms with Crippen molar-refractivity contribution in [3.8, 4) is 5.75 Å². The number of anilines is 1. The molecule has 0 saturated carbocycles. The molecule has 0 spiro atoms. The quantitative estimate of drug-likeness (QED) is 0.249. The molecule has 0 aliphatic rings. The monoisotopic (exact) mass is 486 g/mol. The zero-order valence-corrected chi connectivity index (χ0v) is 20.8. The molecule has 0 radical (unpaired) electrons. The molecule has 174 valence electrons. The van der Waals surface area contributed by atoms with Crippen molar-refractivity contribution < 1.29 is 13.9 Å². The molecule has 1 N–H and O–H groups in total. The Balaban J connectivity index is 1.65. The van der Waals surface area contributed by atoms with Crippen LogP contribution < -0.4 is 10.1 Å². The highest BCUT2D eigenvalue weighted by Gasteiger charge is 2.31. The van der Waals surface area contributed by atoms with Gasteiger partial charge < -0.3 is 10.1 Å². The Labute approximate surface area is 204 Å². The topological polar surface area (TPSA) is 38.3 Å². The van der Waals surface area contributed by atoms with Gasteiger partial charge in [0.25, 0.3) is 0 Å². The largest absolute Gasteiger partial charge is 0.483 e. The van der Waals surface area contributed by atoms with Gasteiger partial charge in [-0.05, 0) is 79.4 Å². The molecule has 0 fully saturated rings. The summed E-state index contributed by atoms with van der Waals surface area (Å²) in [5.74, 6) is 1.20. The van der Waals surface area contributed by atoms with Crippen LogP contribution in [-0.2, 0) is 28.6 Å². The summed E-state index contributed by atoms with van der Waals surface area (Å²) in [7, 11) is 0. The molecule has 0 atom stereocenters. The summed E-state index contributed by atoms with van der Waals surface area (Å²) >= 11 is 7.15. The lowest BCUT2D eigenvalue weighted by molar-refractivity contribution is -0.115. The van der Waals surface area contributed by atoms with Crippen LogP contribution in [0.3, 0.4) is 0 Å². The highest BCUT2D eigenvalue weighted by molar-refractivity contribution is 7.78. The van der Waals surface area contributed by atoms with Crippen molar-refractivity contribution in [3.05, 3.63) is 88.7 Å². The van der Waals surface area contributed by atoms with Gasteiger partial charge in [0.1, 0.15) is 22.9 Å². The maximum Gasteiger partial charge on any atom is 0.228 e. The van der Waals surface area contributed by atoms with E-state index < -0.39 is 11.4 Å². The zero-order valence-electron chi connectivity index (χ0n) is 19.2. The minimum Gasteiger partial charge on any atom is -0.483 e. The summed E-state index contributed by atoms with van der Waals surface area (Å²) in [6, 6.07) is 20.2. The second-order valence-electron chi connectivity index (χ2n) is 7.82. The van der Waals surface area contributed by atoms with Crippen molar-refractivity contribution in [2.75, 3.05) is 11.1 Å². The fraction of sp³-hybridized carbons (Fsp3) is 0.296. The maximum atomic E-state index is 14.1. The Bertz CT molecular complexity index is 1070. The molecule has 0 saturated heterocycles. The van der Waals surface area contributed by atoms with Gasteiger partial charge in [-0.1, -0.05) is 43.6 Å². The molecule has 1 amide bonds. The first-order valence-electron chi connectivity index (χ1n) is 11.2. The van der Waals surface area contributed by atoms with E-state index in [1.165, 1.54) is 22.7 Å². The molecule has 0 bridgehead atoms. The van der Waals surface area contributed by atoms with Gasteiger partial charge in [-0.2, -0.15) is 0 Å². The Hall–Kier alpha value is -2.50. The summed E-state index contributed by atoms with van der Waals surface area (Å²) in [5.41, 5.74) is 1.76. The molecule has 6 heteroatoms. The molecule has 0 aromatic heterocycles. The summed E-state index contributed by atoms with van der Waals surface area (Å²) in [6.45, 7) is 6.17. The van der Waals surface area contributed by atoms with E-state index in [-0.39, 0.29) is 10.9 Å². The Morgan fingerprint density at radius 1 is 1.00 bits per heavy atom. The van der Waals surface area contributed by atoms with Crippen LogP contribution >= 0.6 is 11.6 Å². The highest BCUT2D eigenvalue weighted by atomic mass is 35.5. The minimum atomic E-state index is -0.667. The fourth-order valence-electron chi connectivity index (χ4n) is 3.77. The molecular formula is C27H30ClFNO2S+. The Morgan fingerprint density at radius 3 is 2.24 bits per heavy atom. The molecule has 0 aliphatic carbocycles. The van der Waals surface area contributed by atoms with Gasteiger partial charge in [-0.3, -0.25) is 4.79 Å². The lowest BCUT2D eigenvalue weighted by atomic mass is 9.88. The number of nitrogens with one attached hydrogen (secondary N) is 1. The zero-order chi connectivity index (χ0) is 23.8. The average Bonchev–Trinajstić information content (AvgIpc) is 2.82. The third kappa shape index (κ3) is 6.52. The van der Waals surface area contributed by atoms with Crippen LogP contribution in [0, 0.1) is 5.82 Å². The van der Waals surface area contributed by atoms with Crippen LogP contribution in [-0.4, -0.2) is 11.7 Å². The summed E-state index contributed by atoms with van der Waals surface area (Å²) in [5, 5.41) is 3.03. The molecule has 0 heterocycles. The summed E-state index contributed by atoms with van der Waals surface area (Å²) in [4.78, 5) is 13.7. The van der Waals surface area contributed by atoms with E-state index in [1.807, 2.05) is 50.2 Å². The van der Waals surface area contributed by atoms with E-state index in [0.29, 0.717) is 30.7 Å². The van der Waals surface area contributed by atoms with E-state index in [4.69, 9.17) is 16.3 Å². The molecule has 0 aliphatic heterocycles. The van der Waals surface area contributed by atoms with Crippen LogP contribution in [0.15, 0.2) is 71.6 Å². The predicted octanol–water partition coefficient (Wildman–Crippen LogP) is 6.95. The third-order valence-electron chi connectivity index (χ3n) is 5.68. The van der Waals surface area contributed by atoms with Crippen molar-refractivity contribution in [3.63, 3.8) is 0 Å². The number of benzene rings is 3. The van der Waals surface area contributed by atoms with Gasteiger partial charge in [-0.15, -0.1) is 0 Å². The minimum absolute atomic E-state index is 0.0717. The predicted molar refractivity (Wildman–Crippen MR) is 137 cm³/mol. The number of carbonyl (C=O) groups excluding carboxylic acids is 1. The van der Waals surface area contributed by atoms with Crippen LogP contribution in [0.25, 0.3) is 0 Å². The van der Waals surface area contributed by atoms with Crippen LogP contribution in [0.4, 0.5) is 10.1 Å². The smallest absolute Gasteiger partial charge is 0.228 e. The molecule has 3 aromatic rings. The number of hydrogen-bond acceptors (Lipinski definition) is 2. The lowest BCUT2D eigenvalue weighted by Crippen LogP contribution is -2.31. The van der Waals surface area contributed by atoms with Gasteiger partial charge in [0, 0.05) is 17.4 Å². The van der Waals surface area contributed by atoms with Crippen molar-refractivity contribution in [1.29, 1.82) is 0 Å². The van der Waals surface area contributed by atoms with Gasteiger partial charge in [0.15, 0.2) is 4.90 Å². The normalized spacial score (nSPS) is 11.3. The van der Waals surface area contributed by atoms with Gasteiger partial charge in [0.2, 0.25) is 5.91 Å². The van der Waals surface area contributed by atoms with Gasteiger partial charge in [0.05, 0.1) is 11.4 Å². The molecule has 3 aromatic carbocycles. The average molecular weight is 487 g/mol. The highest BCUT2D eigenvalue weighted by Crippen LogP contribution is 2.36. The number of thiol groups is 1. The second-order valence-corrected chi connectivity index (χ2v) is 9.69. The lowest BCUT2D eigenvalue weighted by Gasteiger charge is -2.33. The number of amides is 1. The maximum absolute atomic E-state index is 14.1. The van der Waals surface area contributed by atoms with Crippen molar-refractivity contribution in [2.45, 2.75) is 50.5 Å². The van der Waals surface area contributed by atoms with Gasteiger partial charge >= 0.3 is 0 Å². The van der Waals surface area contributed by atoms with E-state index in [2.05, 4.69) is 24.4 Å². The van der Waals surface area contributed by atoms with Crippen LogP contribution in [0.5, 0.6) is 5.75 Å². The van der Waals surface area contributed by atoms with Gasteiger partial charge in [-0.25, -0.2) is 4.39 Å². The number of ether oxygens (including phenoxy) is 1. The molecule has 3 rings (SSSR count). The summed E-state index contributed by atoms with van der Waals surface area (Å²) in [6.07, 6.45) is 1.65. The first kappa shape index (κ1) is 25.1. The molecule has 33 heavy (non-hydrogen) atoms. The molecular weight excluding hydrogens is 457 g/mol. The molecule has 0 unspecified atom stereocenters. The summed E-state index contributed by atoms with van der Waals surface area (Å²) < 4.78 is 20.4.